The van der Waals surface area contributed by atoms with Gasteiger partial charge in [0, 0.05) is 18.1 Å². The first-order chi connectivity index (χ1) is 8.30. The van der Waals surface area contributed by atoms with Crippen LogP contribution in [0.5, 0.6) is 0 Å². The molecular formula is C13H26N2O3. The Balaban J connectivity index is 2.28. The zero-order valence-electron chi connectivity index (χ0n) is 11.8. The van der Waals surface area contributed by atoms with E-state index in [2.05, 4.69) is 10.6 Å². The van der Waals surface area contributed by atoms with E-state index >= 15 is 0 Å². The molecule has 0 saturated heterocycles. The number of carbonyl (C=O) groups excluding carboxylic acids is 1. The van der Waals surface area contributed by atoms with Crippen LogP contribution in [-0.2, 0) is 4.74 Å². The van der Waals surface area contributed by atoms with Crippen molar-refractivity contribution in [3.63, 3.8) is 0 Å². The fraction of sp³-hybridized carbons (Fsp3) is 0.923. The second-order valence-electron chi connectivity index (χ2n) is 6.10. The number of rotatable bonds is 4. The third-order valence-electron chi connectivity index (χ3n) is 2.95. The van der Waals surface area contributed by atoms with Crippen LogP contribution in [0.1, 0.15) is 47.0 Å². The number of ether oxygens (including phenoxy) is 1. The topological polar surface area (TPSA) is 70.6 Å². The van der Waals surface area contributed by atoms with Gasteiger partial charge < -0.3 is 20.5 Å². The predicted molar refractivity (Wildman–Crippen MR) is 70.5 cm³/mol. The number of aliphatic hydroxyl groups is 1. The van der Waals surface area contributed by atoms with E-state index in [0.717, 1.165) is 19.3 Å². The fourth-order valence-corrected chi connectivity index (χ4v) is 2.19. The van der Waals surface area contributed by atoms with Gasteiger partial charge in [-0.05, 0) is 47.0 Å². The highest BCUT2D eigenvalue weighted by molar-refractivity contribution is 5.68. The highest BCUT2D eigenvalue weighted by Gasteiger charge is 2.28. The molecule has 3 N–H and O–H groups in total. The van der Waals surface area contributed by atoms with Gasteiger partial charge in [-0.1, -0.05) is 0 Å². The number of hydrogen-bond donors (Lipinski definition) is 3. The Bertz CT molecular complexity index is 276. The van der Waals surface area contributed by atoms with Crippen LogP contribution in [0.3, 0.4) is 0 Å². The van der Waals surface area contributed by atoms with Crippen LogP contribution < -0.4 is 10.6 Å². The third kappa shape index (κ3) is 5.69. The van der Waals surface area contributed by atoms with E-state index in [4.69, 9.17) is 9.84 Å². The van der Waals surface area contributed by atoms with Crippen molar-refractivity contribution in [2.45, 2.75) is 70.7 Å². The molecule has 0 aromatic heterocycles. The molecule has 18 heavy (non-hydrogen) atoms. The second kappa shape index (κ2) is 6.38. The summed E-state index contributed by atoms with van der Waals surface area (Å²) < 4.78 is 5.23. The molecule has 5 heteroatoms. The van der Waals surface area contributed by atoms with Gasteiger partial charge in [-0.25, -0.2) is 4.79 Å². The number of nitrogens with one attached hydrogen (secondary N) is 2. The van der Waals surface area contributed by atoms with E-state index < -0.39 is 5.60 Å². The summed E-state index contributed by atoms with van der Waals surface area (Å²) in [5, 5.41) is 15.2. The van der Waals surface area contributed by atoms with Crippen LogP contribution in [0.15, 0.2) is 0 Å². The van der Waals surface area contributed by atoms with Gasteiger partial charge in [0.2, 0.25) is 0 Å². The highest BCUT2D eigenvalue weighted by Crippen LogP contribution is 2.20. The van der Waals surface area contributed by atoms with Crippen LogP contribution in [0.25, 0.3) is 0 Å². The minimum absolute atomic E-state index is 0.107. The maximum atomic E-state index is 11.6. The summed E-state index contributed by atoms with van der Waals surface area (Å²) >= 11 is 0. The van der Waals surface area contributed by atoms with Crippen molar-refractivity contribution in [3.05, 3.63) is 0 Å². The molecule has 1 rings (SSSR count). The smallest absolute Gasteiger partial charge is 0.407 e. The van der Waals surface area contributed by atoms with Crippen molar-refractivity contribution in [3.8, 4) is 0 Å². The Morgan fingerprint density at radius 2 is 2.00 bits per heavy atom. The first-order valence-corrected chi connectivity index (χ1v) is 6.66. The minimum atomic E-state index is -0.453. The van der Waals surface area contributed by atoms with Crippen molar-refractivity contribution in [1.29, 1.82) is 0 Å². The number of amides is 1. The van der Waals surface area contributed by atoms with E-state index in [1.165, 1.54) is 0 Å². The monoisotopic (exact) mass is 258 g/mol. The summed E-state index contributed by atoms with van der Waals surface area (Å²) in [6.07, 6.45) is 2.52. The van der Waals surface area contributed by atoms with E-state index in [1.54, 1.807) is 0 Å². The van der Waals surface area contributed by atoms with Crippen LogP contribution >= 0.6 is 0 Å². The molecule has 1 aliphatic carbocycles. The normalized spacial score (nSPS) is 25.8. The van der Waals surface area contributed by atoms with Gasteiger partial charge in [0.05, 0.1) is 6.61 Å². The molecule has 1 aliphatic rings. The quantitative estimate of drug-likeness (QED) is 0.713. The maximum absolute atomic E-state index is 11.6. The molecule has 3 unspecified atom stereocenters. The summed E-state index contributed by atoms with van der Waals surface area (Å²) in [5.74, 6) is 0. The molecule has 0 bridgehead atoms. The van der Waals surface area contributed by atoms with Gasteiger partial charge >= 0.3 is 6.09 Å². The van der Waals surface area contributed by atoms with E-state index in [9.17, 15) is 4.79 Å². The zero-order chi connectivity index (χ0) is 13.8. The Labute approximate surface area is 109 Å². The van der Waals surface area contributed by atoms with Crippen LogP contribution in [0, 0.1) is 0 Å². The van der Waals surface area contributed by atoms with Crippen molar-refractivity contribution < 1.29 is 14.6 Å². The van der Waals surface area contributed by atoms with Gasteiger partial charge in [0.1, 0.15) is 5.60 Å². The molecule has 1 saturated carbocycles. The Kier molecular flexibility index (Phi) is 5.41. The van der Waals surface area contributed by atoms with Crippen molar-refractivity contribution in [2.75, 3.05) is 6.61 Å². The lowest BCUT2D eigenvalue weighted by molar-refractivity contribution is 0.0505. The molecule has 1 amide bonds. The molecule has 0 aromatic rings. The lowest BCUT2D eigenvalue weighted by Gasteiger charge is -2.22. The summed E-state index contributed by atoms with van der Waals surface area (Å²) in [7, 11) is 0. The molecule has 0 aromatic carbocycles. The molecule has 3 atom stereocenters. The van der Waals surface area contributed by atoms with Gasteiger partial charge in [-0.3, -0.25) is 0 Å². The number of alkyl carbamates (subject to hydrolysis) is 1. The van der Waals surface area contributed by atoms with E-state index in [0.29, 0.717) is 6.04 Å². The van der Waals surface area contributed by atoms with E-state index in [-0.39, 0.29) is 24.8 Å². The minimum Gasteiger partial charge on any atom is -0.444 e. The van der Waals surface area contributed by atoms with Crippen LogP contribution in [0.2, 0.25) is 0 Å². The molecule has 5 nitrogen and oxygen atoms in total. The molecule has 1 fully saturated rings. The van der Waals surface area contributed by atoms with Gasteiger partial charge in [-0.15, -0.1) is 0 Å². The first kappa shape index (κ1) is 15.2. The van der Waals surface area contributed by atoms with Crippen molar-refractivity contribution in [2.24, 2.45) is 0 Å². The fourth-order valence-electron chi connectivity index (χ4n) is 2.19. The number of aliphatic hydroxyl groups excluding tert-OH is 1. The zero-order valence-corrected chi connectivity index (χ0v) is 11.8. The summed E-state index contributed by atoms with van der Waals surface area (Å²) in [6, 6.07) is 0.644. The number of hydrogen-bond acceptors (Lipinski definition) is 4. The molecule has 106 valence electrons. The van der Waals surface area contributed by atoms with Crippen LogP contribution in [-0.4, -0.2) is 41.5 Å². The Morgan fingerprint density at radius 1 is 1.39 bits per heavy atom. The lowest BCUT2D eigenvalue weighted by atomic mass is 10.2. The van der Waals surface area contributed by atoms with Gasteiger partial charge in [-0.2, -0.15) is 0 Å². The van der Waals surface area contributed by atoms with Crippen molar-refractivity contribution in [1.82, 2.24) is 10.6 Å². The average Bonchev–Trinajstić information content (AvgIpc) is 2.62. The second-order valence-corrected chi connectivity index (χ2v) is 6.10. The highest BCUT2D eigenvalue weighted by atomic mass is 16.6. The van der Waals surface area contributed by atoms with Crippen LogP contribution in [0.4, 0.5) is 4.79 Å². The largest absolute Gasteiger partial charge is 0.444 e. The molecule has 0 spiro atoms. The van der Waals surface area contributed by atoms with Gasteiger partial charge in [0.15, 0.2) is 0 Å². The van der Waals surface area contributed by atoms with Crippen molar-refractivity contribution >= 4 is 6.09 Å². The van der Waals surface area contributed by atoms with Gasteiger partial charge in [0.25, 0.3) is 0 Å². The maximum Gasteiger partial charge on any atom is 0.407 e. The predicted octanol–water partition coefficient (Wildman–Crippen LogP) is 1.40. The summed E-state index contributed by atoms with van der Waals surface area (Å²) in [5.41, 5.74) is -0.453. The molecule has 0 heterocycles. The standard InChI is InChI=1S/C13H26N2O3/c1-9(8-16)14-10-5-6-11(7-10)15-12(17)18-13(2,3)4/h9-11,14,16H,5-8H2,1-4H3,(H,15,17). The lowest BCUT2D eigenvalue weighted by Crippen LogP contribution is -2.40. The number of carbonyl (C=O) groups is 1. The molecular weight excluding hydrogens is 232 g/mol. The third-order valence-corrected chi connectivity index (χ3v) is 2.95. The van der Waals surface area contributed by atoms with E-state index in [1.807, 2.05) is 27.7 Å². The summed E-state index contributed by atoms with van der Waals surface area (Å²) in [4.78, 5) is 11.6. The Morgan fingerprint density at radius 3 is 2.56 bits per heavy atom. The molecule has 0 radical (unpaired) electrons. The molecule has 0 aliphatic heterocycles. The SMILES string of the molecule is CC(CO)NC1CCC(NC(=O)OC(C)(C)C)C1. The average molecular weight is 258 g/mol. The Hall–Kier alpha value is -0.810. The summed E-state index contributed by atoms with van der Waals surface area (Å²) in [6.45, 7) is 7.66. The first-order valence-electron chi connectivity index (χ1n) is 6.66.